The highest BCUT2D eigenvalue weighted by atomic mass is 32.1. The molecule has 88 valence electrons. The summed E-state index contributed by atoms with van der Waals surface area (Å²) < 4.78 is 1.78. The third-order valence-corrected chi connectivity index (χ3v) is 2.47. The SMILES string of the molecule is Cn1nccc1CNc1nccc(C(N)=S)n1. The molecule has 17 heavy (non-hydrogen) atoms. The fourth-order valence-electron chi connectivity index (χ4n) is 1.33. The average Bonchev–Trinajstić information content (AvgIpc) is 2.72. The molecule has 7 heteroatoms. The quantitative estimate of drug-likeness (QED) is 0.765. The molecule has 2 rings (SSSR count). The molecular weight excluding hydrogens is 236 g/mol. The average molecular weight is 248 g/mol. The van der Waals surface area contributed by atoms with Crippen LogP contribution in [0.5, 0.6) is 0 Å². The zero-order valence-electron chi connectivity index (χ0n) is 9.29. The Kier molecular flexibility index (Phi) is 3.29. The van der Waals surface area contributed by atoms with Gasteiger partial charge in [-0.2, -0.15) is 5.10 Å². The van der Waals surface area contributed by atoms with E-state index < -0.39 is 0 Å². The lowest BCUT2D eigenvalue weighted by Crippen LogP contribution is -2.14. The molecule has 2 heterocycles. The van der Waals surface area contributed by atoms with Crippen molar-refractivity contribution in [2.75, 3.05) is 5.32 Å². The van der Waals surface area contributed by atoms with Crippen molar-refractivity contribution in [1.29, 1.82) is 0 Å². The molecule has 0 aromatic carbocycles. The van der Waals surface area contributed by atoms with Gasteiger partial charge in [-0.3, -0.25) is 4.68 Å². The zero-order valence-corrected chi connectivity index (χ0v) is 10.1. The number of nitrogens with zero attached hydrogens (tertiary/aromatic N) is 4. The number of anilines is 1. The Bertz CT molecular complexity index is 535. The van der Waals surface area contributed by atoms with E-state index in [2.05, 4.69) is 20.4 Å². The molecule has 0 bridgehead atoms. The molecule has 3 N–H and O–H groups in total. The van der Waals surface area contributed by atoms with Gasteiger partial charge in [0.05, 0.1) is 12.2 Å². The van der Waals surface area contributed by atoms with Crippen LogP contribution in [0.25, 0.3) is 0 Å². The van der Waals surface area contributed by atoms with E-state index in [1.807, 2.05) is 13.1 Å². The van der Waals surface area contributed by atoms with E-state index in [0.717, 1.165) is 5.69 Å². The van der Waals surface area contributed by atoms with Crippen molar-refractivity contribution in [3.05, 3.63) is 35.9 Å². The Morgan fingerprint density at radius 2 is 2.29 bits per heavy atom. The number of hydrogen-bond donors (Lipinski definition) is 2. The molecule has 0 aliphatic heterocycles. The minimum atomic E-state index is 0.260. The van der Waals surface area contributed by atoms with Gasteiger partial charge in [-0.1, -0.05) is 12.2 Å². The molecule has 0 unspecified atom stereocenters. The van der Waals surface area contributed by atoms with Crippen LogP contribution in [0.2, 0.25) is 0 Å². The van der Waals surface area contributed by atoms with E-state index in [0.29, 0.717) is 18.2 Å². The molecular formula is C10H12N6S. The molecule has 0 atom stereocenters. The number of hydrogen-bond acceptors (Lipinski definition) is 5. The highest BCUT2D eigenvalue weighted by Crippen LogP contribution is 2.03. The van der Waals surface area contributed by atoms with Gasteiger partial charge in [-0.25, -0.2) is 9.97 Å². The summed E-state index contributed by atoms with van der Waals surface area (Å²) in [6, 6.07) is 3.60. The summed E-state index contributed by atoms with van der Waals surface area (Å²) >= 11 is 4.85. The third-order valence-electron chi connectivity index (χ3n) is 2.26. The van der Waals surface area contributed by atoms with Gasteiger partial charge in [-0.15, -0.1) is 0 Å². The number of nitrogens with one attached hydrogen (secondary N) is 1. The van der Waals surface area contributed by atoms with Crippen LogP contribution < -0.4 is 11.1 Å². The van der Waals surface area contributed by atoms with Crippen LogP contribution in [0.15, 0.2) is 24.5 Å². The summed E-state index contributed by atoms with van der Waals surface area (Å²) in [5, 5.41) is 7.15. The first-order valence-electron chi connectivity index (χ1n) is 5.00. The summed E-state index contributed by atoms with van der Waals surface area (Å²) in [5.74, 6) is 0.497. The Morgan fingerprint density at radius 3 is 2.94 bits per heavy atom. The van der Waals surface area contributed by atoms with Crippen LogP contribution in [0.3, 0.4) is 0 Å². The van der Waals surface area contributed by atoms with E-state index in [4.69, 9.17) is 18.0 Å². The van der Waals surface area contributed by atoms with Gasteiger partial charge in [0.1, 0.15) is 10.7 Å². The summed E-state index contributed by atoms with van der Waals surface area (Å²) in [6.45, 7) is 0.595. The monoisotopic (exact) mass is 248 g/mol. The van der Waals surface area contributed by atoms with Gasteiger partial charge in [-0.05, 0) is 12.1 Å². The van der Waals surface area contributed by atoms with E-state index in [9.17, 15) is 0 Å². The van der Waals surface area contributed by atoms with Crippen molar-refractivity contribution in [2.45, 2.75) is 6.54 Å². The number of nitrogens with two attached hydrogens (primary N) is 1. The molecule has 6 nitrogen and oxygen atoms in total. The van der Waals surface area contributed by atoms with Crippen LogP contribution in [0, 0.1) is 0 Å². The summed E-state index contributed by atoms with van der Waals surface area (Å²) in [4.78, 5) is 8.53. The van der Waals surface area contributed by atoms with Gasteiger partial charge in [0.15, 0.2) is 0 Å². The molecule has 0 saturated heterocycles. The summed E-state index contributed by atoms with van der Waals surface area (Å²) in [6.07, 6.45) is 3.36. The Hall–Kier alpha value is -2.02. The first-order valence-corrected chi connectivity index (χ1v) is 5.41. The maximum Gasteiger partial charge on any atom is 0.223 e. The van der Waals surface area contributed by atoms with Crippen molar-refractivity contribution in [3.8, 4) is 0 Å². The second kappa shape index (κ2) is 4.88. The predicted octanol–water partition coefficient (Wildman–Crippen LogP) is 0.456. The first-order chi connectivity index (χ1) is 8.16. The molecule has 0 aliphatic carbocycles. The lowest BCUT2D eigenvalue weighted by atomic mass is 10.4. The smallest absolute Gasteiger partial charge is 0.223 e. The second-order valence-corrected chi connectivity index (χ2v) is 3.87. The number of rotatable bonds is 4. The van der Waals surface area contributed by atoms with Crippen LogP contribution in [-0.2, 0) is 13.6 Å². The van der Waals surface area contributed by atoms with Crippen molar-refractivity contribution >= 4 is 23.2 Å². The molecule has 2 aromatic rings. The van der Waals surface area contributed by atoms with E-state index in [-0.39, 0.29) is 4.99 Å². The van der Waals surface area contributed by atoms with Crippen molar-refractivity contribution < 1.29 is 0 Å². The second-order valence-electron chi connectivity index (χ2n) is 3.43. The summed E-state index contributed by atoms with van der Waals surface area (Å²) in [5.41, 5.74) is 7.09. The van der Waals surface area contributed by atoms with E-state index >= 15 is 0 Å². The predicted molar refractivity (Wildman–Crippen MR) is 68.5 cm³/mol. The Labute approximate surface area is 104 Å². The van der Waals surface area contributed by atoms with Crippen molar-refractivity contribution in [1.82, 2.24) is 19.7 Å². The Balaban J connectivity index is 2.07. The number of thiocarbonyl (C=S) groups is 1. The van der Waals surface area contributed by atoms with Crippen LogP contribution in [0.4, 0.5) is 5.95 Å². The Morgan fingerprint density at radius 1 is 1.47 bits per heavy atom. The van der Waals surface area contributed by atoms with Crippen molar-refractivity contribution in [3.63, 3.8) is 0 Å². The normalized spacial score (nSPS) is 10.2. The standard InChI is InChI=1S/C10H12N6S/c1-16-7(2-5-14-16)6-13-10-12-4-3-8(15-10)9(11)17/h2-5H,6H2,1H3,(H2,11,17)(H,12,13,15). The van der Waals surface area contributed by atoms with Gasteiger partial charge < -0.3 is 11.1 Å². The largest absolute Gasteiger partial charge is 0.388 e. The van der Waals surface area contributed by atoms with E-state index in [1.54, 1.807) is 23.1 Å². The minimum absolute atomic E-state index is 0.260. The summed E-state index contributed by atoms with van der Waals surface area (Å²) in [7, 11) is 1.88. The topological polar surface area (TPSA) is 81.7 Å². The molecule has 0 spiro atoms. The van der Waals surface area contributed by atoms with Crippen molar-refractivity contribution in [2.24, 2.45) is 12.8 Å². The minimum Gasteiger partial charge on any atom is -0.388 e. The third kappa shape index (κ3) is 2.76. The highest BCUT2D eigenvalue weighted by molar-refractivity contribution is 7.80. The molecule has 0 saturated carbocycles. The molecule has 0 aliphatic rings. The van der Waals surface area contributed by atoms with Crippen LogP contribution >= 0.6 is 12.2 Å². The first kappa shape index (κ1) is 11.5. The van der Waals surface area contributed by atoms with Gasteiger partial charge in [0.2, 0.25) is 5.95 Å². The van der Waals surface area contributed by atoms with Gasteiger partial charge in [0, 0.05) is 19.4 Å². The van der Waals surface area contributed by atoms with Gasteiger partial charge in [0.25, 0.3) is 0 Å². The molecule has 0 fully saturated rings. The van der Waals surface area contributed by atoms with Crippen LogP contribution in [0.1, 0.15) is 11.4 Å². The molecule has 0 amide bonds. The van der Waals surface area contributed by atoms with Crippen LogP contribution in [-0.4, -0.2) is 24.7 Å². The number of aromatic nitrogens is 4. The fourth-order valence-corrected chi connectivity index (χ4v) is 1.44. The fraction of sp³-hybridized carbons (Fsp3) is 0.200. The number of aryl methyl sites for hydroxylation is 1. The molecule has 0 radical (unpaired) electrons. The maximum absolute atomic E-state index is 5.50. The zero-order chi connectivity index (χ0) is 12.3. The van der Waals surface area contributed by atoms with E-state index in [1.165, 1.54) is 0 Å². The highest BCUT2D eigenvalue weighted by Gasteiger charge is 2.02. The maximum atomic E-state index is 5.50. The molecule has 2 aromatic heterocycles. The van der Waals surface area contributed by atoms with Gasteiger partial charge >= 0.3 is 0 Å². The lowest BCUT2D eigenvalue weighted by molar-refractivity contribution is 0.719. The lowest BCUT2D eigenvalue weighted by Gasteiger charge is -2.05.